The van der Waals surface area contributed by atoms with Gasteiger partial charge >= 0.3 is 0 Å². The highest BCUT2D eigenvalue weighted by molar-refractivity contribution is 9.10. The number of halogens is 2. The molecule has 1 unspecified atom stereocenters. The lowest BCUT2D eigenvalue weighted by molar-refractivity contribution is -0.117. The van der Waals surface area contributed by atoms with Gasteiger partial charge in [-0.2, -0.15) is 5.26 Å². The molecule has 1 fully saturated rings. The van der Waals surface area contributed by atoms with Crippen molar-refractivity contribution in [2.45, 2.75) is 6.42 Å². The number of aromatic nitrogens is 1. The van der Waals surface area contributed by atoms with E-state index >= 15 is 0 Å². The van der Waals surface area contributed by atoms with E-state index in [2.05, 4.69) is 20.9 Å². The third-order valence-corrected chi connectivity index (χ3v) is 3.65. The molecule has 1 atom stereocenters. The van der Waals surface area contributed by atoms with Crippen molar-refractivity contribution in [3.8, 4) is 6.07 Å². The minimum Gasteiger partial charge on any atom is -0.296 e. The van der Waals surface area contributed by atoms with Crippen LogP contribution in [0.3, 0.4) is 0 Å². The van der Waals surface area contributed by atoms with Crippen molar-refractivity contribution in [3.05, 3.63) is 22.3 Å². The zero-order chi connectivity index (χ0) is 12.4. The van der Waals surface area contributed by atoms with Gasteiger partial charge in [0, 0.05) is 25.0 Å². The third kappa shape index (κ3) is 2.43. The lowest BCUT2D eigenvalue weighted by Gasteiger charge is -2.16. The Morgan fingerprint density at radius 2 is 2.47 bits per heavy atom. The van der Waals surface area contributed by atoms with E-state index in [0.29, 0.717) is 34.7 Å². The first-order valence-corrected chi connectivity index (χ1v) is 6.40. The second kappa shape index (κ2) is 5.03. The first-order valence-electron chi connectivity index (χ1n) is 5.07. The molecule has 0 N–H and O–H groups in total. The molecule has 2 rings (SSSR count). The van der Waals surface area contributed by atoms with Crippen molar-refractivity contribution < 1.29 is 4.79 Å². The van der Waals surface area contributed by atoms with Crippen molar-refractivity contribution in [3.63, 3.8) is 0 Å². The number of anilines is 1. The number of carbonyl (C=O) groups excluding carboxylic acids is 1. The molecular formula is C11H9BrClN3O. The highest BCUT2D eigenvalue weighted by Crippen LogP contribution is 2.30. The molecule has 0 aromatic carbocycles. The SMILES string of the molecule is N#Cc1cnc(N2CC(CCl)CC2=O)c(Br)c1. The molecule has 0 bridgehead atoms. The predicted octanol–water partition coefficient (Wildman–Crippen LogP) is 2.31. The number of pyridine rings is 1. The van der Waals surface area contributed by atoms with Crippen LogP contribution in [-0.2, 0) is 4.79 Å². The van der Waals surface area contributed by atoms with E-state index in [0.717, 1.165) is 0 Å². The molecule has 2 heterocycles. The second-order valence-electron chi connectivity index (χ2n) is 3.87. The van der Waals surface area contributed by atoms with Crippen molar-refractivity contribution in [1.82, 2.24) is 4.98 Å². The zero-order valence-electron chi connectivity index (χ0n) is 8.86. The quantitative estimate of drug-likeness (QED) is 0.787. The highest BCUT2D eigenvalue weighted by atomic mass is 79.9. The molecule has 0 radical (unpaired) electrons. The third-order valence-electron chi connectivity index (χ3n) is 2.63. The van der Waals surface area contributed by atoms with Gasteiger partial charge in [0.25, 0.3) is 0 Å². The summed E-state index contributed by atoms with van der Waals surface area (Å²) in [6, 6.07) is 3.66. The molecule has 1 aliphatic heterocycles. The average molecular weight is 315 g/mol. The van der Waals surface area contributed by atoms with E-state index in [1.165, 1.54) is 6.20 Å². The van der Waals surface area contributed by atoms with Crippen LogP contribution >= 0.6 is 27.5 Å². The number of alkyl halides is 1. The minimum absolute atomic E-state index is 0.0218. The Morgan fingerprint density at radius 1 is 1.71 bits per heavy atom. The van der Waals surface area contributed by atoms with Crippen LogP contribution in [0.15, 0.2) is 16.7 Å². The van der Waals surface area contributed by atoms with E-state index < -0.39 is 0 Å². The zero-order valence-corrected chi connectivity index (χ0v) is 11.2. The van der Waals surface area contributed by atoms with Crippen LogP contribution in [-0.4, -0.2) is 23.3 Å². The monoisotopic (exact) mass is 313 g/mol. The van der Waals surface area contributed by atoms with Crippen LogP contribution < -0.4 is 4.90 Å². The van der Waals surface area contributed by atoms with E-state index in [4.69, 9.17) is 16.9 Å². The number of carbonyl (C=O) groups is 1. The first-order chi connectivity index (χ1) is 8.15. The van der Waals surface area contributed by atoms with Gasteiger partial charge in [-0.05, 0) is 27.9 Å². The van der Waals surface area contributed by atoms with E-state index in [1.54, 1.807) is 11.0 Å². The van der Waals surface area contributed by atoms with Gasteiger partial charge in [-0.25, -0.2) is 4.98 Å². The van der Waals surface area contributed by atoms with Gasteiger partial charge in [-0.1, -0.05) is 0 Å². The van der Waals surface area contributed by atoms with Crippen LogP contribution in [0.2, 0.25) is 0 Å². The lowest BCUT2D eigenvalue weighted by atomic mass is 10.1. The molecule has 0 spiro atoms. The van der Waals surface area contributed by atoms with Crippen molar-refractivity contribution in [1.29, 1.82) is 5.26 Å². The predicted molar refractivity (Wildman–Crippen MR) is 67.8 cm³/mol. The Kier molecular flexibility index (Phi) is 3.65. The number of nitrogens with zero attached hydrogens (tertiary/aromatic N) is 3. The Hall–Kier alpha value is -1.12. The number of nitriles is 1. The molecule has 4 nitrogen and oxygen atoms in total. The molecule has 1 amide bonds. The lowest BCUT2D eigenvalue weighted by Crippen LogP contribution is -2.26. The summed E-state index contributed by atoms with van der Waals surface area (Å²) in [6.07, 6.45) is 1.92. The fourth-order valence-corrected chi connectivity index (χ4v) is 2.55. The number of hydrogen-bond donors (Lipinski definition) is 0. The maximum absolute atomic E-state index is 11.8. The smallest absolute Gasteiger partial charge is 0.228 e. The summed E-state index contributed by atoms with van der Waals surface area (Å²) in [6.45, 7) is 0.583. The summed E-state index contributed by atoms with van der Waals surface area (Å²) in [5.74, 6) is 1.22. The molecule has 0 aliphatic carbocycles. The Labute approximate surface area is 112 Å². The van der Waals surface area contributed by atoms with Gasteiger partial charge in [0.15, 0.2) is 0 Å². The molecule has 88 valence electrons. The Bertz CT molecular complexity index is 500. The standard InChI is InChI=1S/C11H9BrClN3O/c12-9-1-8(4-14)5-15-11(9)16-6-7(3-13)2-10(16)17/h1,5,7H,2-3,6H2. The van der Waals surface area contributed by atoms with Crippen LogP contribution in [0, 0.1) is 17.2 Å². The van der Waals surface area contributed by atoms with Crippen molar-refractivity contribution >= 4 is 39.3 Å². The summed E-state index contributed by atoms with van der Waals surface area (Å²) in [4.78, 5) is 17.5. The van der Waals surface area contributed by atoms with Gasteiger partial charge < -0.3 is 0 Å². The van der Waals surface area contributed by atoms with Crippen molar-refractivity contribution in [2.75, 3.05) is 17.3 Å². The summed E-state index contributed by atoms with van der Waals surface area (Å²) >= 11 is 9.09. The van der Waals surface area contributed by atoms with E-state index in [-0.39, 0.29) is 11.8 Å². The summed E-state index contributed by atoms with van der Waals surface area (Å²) < 4.78 is 0.653. The highest BCUT2D eigenvalue weighted by Gasteiger charge is 2.31. The molecule has 1 aliphatic rings. The largest absolute Gasteiger partial charge is 0.296 e. The summed E-state index contributed by atoms with van der Waals surface area (Å²) in [7, 11) is 0. The number of rotatable bonds is 2. The van der Waals surface area contributed by atoms with Gasteiger partial charge in [0.1, 0.15) is 11.9 Å². The maximum atomic E-state index is 11.8. The topological polar surface area (TPSA) is 57.0 Å². The molecule has 17 heavy (non-hydrogen) atoms. The first kappa shape index (κ1) is 12.3. The average Bonchev–Trinajstić information content (AvgIpc) is 2.70. The molecular weight excluding hydrogens is 305 g/mol. The number of hydrogen-bond acceptors (Lipinski definition) is 3. The van der Waals surface area contributed by atoms with Crippen molar-refractivity contribution in [2.24, 2.45) is 5.92 Å². The molecule has 1 aromatic heterocycles. The molecule has 0 saturated carbocycles. The second-order valence-corrected chi connectivity index (χ2v) is 5.03. The normalized spacial score (nSPS) is 19.5. The Morgan fingerprint density at radius 3 is 3.00 bits per heavy atom. The van der Waals surface area contributed by atoms with Crippen LogP contribution in [0.1, 0.15) is 12.0 Å². The minimum atomic E-state index is 0.0218. The van der Waals surface area contributed by atoms with Crippen LogP contribution in [0.4, 0.5) is 5.82 Å². The molecule has 6 heteroatoms. The van der Waals surface area contributed by atoms with Crippen LogP contribution in [0.5, 0.6) is 0 Å². The Balaban J connectivity index is 2.29. The van der Waals surface area contributed by atoms with E-state index in [9.17, 15) is 4.79 Å². The fourth-order valence-electron chi connectivity index (χ4n) is 1.78. The summed E-state index contributed by atoms with van der Waals surface area (Å²) in [5, 5.41) is 8.74. The molecule has 1 saturated heterocycles. The van der Waals surface area contributed by atoms with E-state index in [1.807, 2.05) is 6.07 Å². The maximum Gasteiger partial charge on any atom is 0.228 e. The van der Waals surface area contributed by atoms with Crippen LogP contribution in [0.25, 0.3) is 0 Å². The van der Waals surface area contributed by atoms with Gasteiger partial charge in [-0.3, -0.25) is 9.69 Å². The summed E-state index contributed by atoms with van der Waals surface area (Å²) in [5.41, 5.74) is 0.459. The molecule has 1 aromatic rings. The fraction of sp³-hybridized carbons (Fsp3) is 0.364. The van der Waals surface area contributed by atoms with Gasteiger partial charge in [0.2, 0.25) is 5.91 Å². The van der Waals surface area contributed by atoms with Gasteiger partial charge in [0.05, 0.1) is 10.0 Å². The van der Waals surface area contributed by atoms with Gasteiger partial charge in [-0.15, -0.1) is 11.6 Å². The number of amides is 1.